The van der Waals surface area contributed by atoms with Gasteiger partial charge in [-0.15, -0.1) is 0 Å². The molecule has 0 spiro atoms. The Morgan fingerprint density at radius 2 is 2.05 bits per heavy atom. The lowest BCUT2D eigenvalue weighted by molar-refractivity contribution is -0.151. The van der Waals surface area contributed by atoms with E-state index >= 15 is 0 Å². The molecule has 0 bridgehead atoms. The minimum Gasteiger partial charge on any atom is -0.343 e. The summed E-state index contributed by atoms with van der Waals surface area (Å²) >= 11 is 5.73. The Balaban J connectivity index is 2.32. The van der Waals surface area contributed by atoms with Crippen molar-refractivity contribution >= 4 is 23.4 Å². The molecule has 2 atom stereocenters. The van der Waals surface area contributed by atoms with E-state index in [-0.39, 0.29) is 24.3 Å². The number of carbonyl (C=O) groups excluding carboxylic acids is 2. The summed E-state index contributed by atoms with van der Waals surface area (Å²) in [5, 5.41) is 2.95. The molecule has 0 saturated carbocycles. The lowest BCUT2D eigenvalue weighted by Crippen LogP contribution is -2.63. The highest BCUT2D eigenvalue weighted by Gasteiger charge is 2.40. The summed E-state index contributed by atoms with van der Waals surface area (Å²) < 4.78 is 13.9. The fraction of sp³-hybridized carbons (Fsp3) is 0.467. The van der Waals surface area contributed by atoms with Gasteiger partial charge in [-0.3, -0.25) is 9.59 Å². The first-order chi connectivity index (χ1) is 9.81. The Bertz CT molecular complexity index is 577. The standard InChI is InChI=1S/C15H18ClFN2O2/c1-8(2)13-14(20)18-9(3)15(21)19(13)7-10-4-5-11(16)6-12(10)17/h4-6,8-9,13H,7H2,1-3H3,(H,18,20). The molecule has 1 aliphatic rings. The van der Waals surface area contributed by atoms with E-state index in [9.17, 15) is 14.0 Å². The van der Waals surface area contributed by atoms with E-state index in [1.165, 1.54) is 11.0 Å². The third-order valence-corrected chi connectivity index (χ3v) is 3.84. The number of piperazine rings is 1. The molecule has 114 valence electrons. The summed E-state index contributed by atoms with van der Waals surface area (Å²) in [6, 6.07) is 3.13. The third kappa shape index (κ3) is 3.18. The van der Waals surface area contributed by atoms with E-state index in [1.807, 2.05) is 13.8 Å². The maximum absolute atomic E-state index is 13.9. The molecule has 6 heteroatoms. The number of amides is 2. The van der Waals surface area contributed by atoms with Crippen molar-refractivity contribution in [3.63, 3.8) is 0 Å². The van der Waals surface area contributed by atoms with Crippen LogP contribution >= 0.6 is 11.6 Å². The quantitative estimate of drug-likeness (QED) is 0.931. The minimum atomic E-state index is -0.595. The van der Waals surface area contributed by atoms with Gasteiger partial charge in [0, 0.05) is 17.1 Å². The second kappa shape index (κ2) is 6.02. The van der Waals surface area contributed by atoms with Crippen LogP contribution in [0.15, 0.2) is 18.2 Å². The molecule has 2 amide bonds. The number of halogens is 2. The van der Waals surface area contributed by atoms with Crippen molar-refractivity contribution in [2.45, 2.75) is 39.4 Å². The Hall–Kier alpha value is -1.62. The van der Waals surface area contributed by atoms with Crippen LogP contribution in [0.1, 0.15) is 26.3 Å². The zero-order chi connectivity index (χ0) is 15.7. The Labute approximate surface area is 128 Å². The normalized spacial score (nSPS) is 22.7. The minimum absolute atomic E-state index is 0.0580. The van der Waals surface area contributed by atoms with Gasteiger partial charge in [-0.25, -0.2) is 4.39 Å². The topological polar surface area (TPSA) is 49.4 Å². The summed E-state index contributed by atoms with van der Waals surface area (Å²) in [5.74, 6) is -0.942. The SMILES string of the molecule is CC1NC(=O)C(C(C)C)N(Cc2ccc(Cl)cc2F)C1=O. The van der Waals surface area contributed by atoms with Gasteiger partial charge >= 0.3 is 0 Å². The summed E-state index contributed by atoms with van der Waals surface area (Å²) in [6.07, 6.45) is 0. The van der Waals surface area contributed by atoms with Crippen molar-refractivity contribution in [1.29, 1.82) is 0 Å². The largest absolute Gasteiger partial charge is 0.343 e. The maximum atomic E-state index is 13.9. The van der Waals surface area contributed by atoms with Crippen LogP contribution in [0.2, 0.25) is 5.02 Å². The molecule has 1 fully saturated rings. The molecule has 4 nitrogen and oxygen atoms in total. The van der Waals surface area contributed by atoms with Crippen molar-refractivity contribution in [2.75, 3.05) is 0 Å². The molecular weight excluding hydrogens is 295 g/mol. The Kier molecular flexibility index (Phi) is 4.52. The number of nitrogens with one attached hydrogen (secondary N) is 1. The first-order valence-electron chi connectivity index (χ1n) is 6.86. The Morgan fingerprint density at radius 1 is 1.38 bits per heavy atom. The lowest BCUT2D eigenvalue weighted by atomic mass is 9.96. The van der Waals surface area contributed by atoms with E-state index in [0.29, 0.717) is 10.6 Å². The number of carbonyl (C=O) groups is 2. The third-order valence-electron chi connectivity index (χ3n) is 3.60. The van der Waals surface area contributed by atoms with E-state index in [4.69, 9.17) is 11.6 Å². The van der Waals surface area contributed by atoms with Crippen LogP contribution in [0.3, 0.4) is 0 Å². The van der Waals surface area contributed by atoms with Crippen molar-refractivity contribution in [1.82, 2.24) is 10.2 Å². The zero-order valence-corrected chi connectivity index (χ0v) is 12.9. The summed E-state index contributed by atoms with van der Waals surface area (Å²) in [7, 11) is 0. The number of rotatable bonds is 3. The van der Waals surface area contributed by atoms with Gasteiger partial charge in [0.2, 0.25) is 11.8 Å². The van der Waals surface area contributed by atoms with Gasteiger partial charge in [-0.2, -0.15) is 0 Å². The fourth-order valence-corrected chi connectivity index (χ4v) is 2.72. The predicted octanol–water partition coefficient (Wildman–Crippen LogP) is 2.35. The van der Waals surface area contributed by atoms with E-state index in [0.717, 1.165) is 0 Å². The average molecular weight is 313 g/mol. The van der Waals surface area contributed by atoms with E-state index in [1.54, 1.807) is 19.1 Å². The first kappa shape index (κ1) is 15.8. The van der Waals surface area contributed by atoms with Crippen LogP contribution < -0.4 is 5.32 Å². The summed E-state index contributed by atoms with van der Waals surface area (Å²) in [5.41, 5.74) is 0.348. The van der Waals surface area contributed by atoms with Gasteiger partial charge in [-0.1, -0.05) is 31.5 Å². The molecule has 1 N–H and O–H groups in total. The molecule has 1 heterocycles. The molecular formula is C15H18ClFN2O2. The van der Waals surface area contributed by atoms with Crippen molar-refractivity contribution in [3.05, 3.63) is 34.6 Å². The highest BCUT2D eigenvalue weighted by atomic mass is 35.5. The molecule has 1 saturated heterocycles. The predicted molar refractivity (Wildman–Crippen MR) is 78.2 cm³/mol. The number of nitrogens with zero attached hydrogens (tertiary/aromatic N) is 1. The number of benzene rings is 1. The maximum Gasteiger partial charge on any atom is 0.245 e. The molecule has 0 radical (unpaired) electrons. The molecule has 21 heavy (non-hydrogen) atoms. The highest BCUT2D eigenvalue weighted by Crippen LogP contribution is 2.22. The summed E-state index contributed by atoms with van der Waals surface area (Å²) in [4.78, 5) is 25.9. The molecule has 1 aromatic carbocycles. The van der Waals surface area contributed by atoms with E-state index in [2.05, 4.69) is 5.32 Å². The number of hydrogen-bond donors (Lipinski definition) is 1. The van der Waals surface area contributed by atoms with Crippen LogP contribution in [0.5, 0.6) is 0 Å². The zero-order valence-electron chi connectivity index (χ0n) is 12.2. The van der Waals surface area contributed by atoms with Crippen molar-refractivity contribution in [2.24, 2.45) is 5.92 Å². The van der Waals surface area contributed by atoms with Gasteiger partial charge in [0.1, 0.15) is 17.9 Å². The van der Waals surface area contributed by atoms with Crippen molar-refractivity contribution in [3.8, 4) is 0 Å². The number of hydrogen-bond acceptors (Lipinski definition) is 2. The van der Waals surface area contributed by atoms with Gasteiger partial charge in [0.25, 0.3) is 0 Å². The van der Waals surface area contributed by atoms with E-state index < -0.39 is 17.9 Å². The van der Waals surface area contributed by atoms with Crippen LogP contribution in [0.25, 0.3) is 0 Å². The van der Waals surface area contributed by atoms with Crippen LogP contribution in [0, 0.1) is 11.7 Å². The molecule has 1 aromatic rings. The molecule has 1 aliphatic heterocycles. The first-order valence-corrected chi connectivity index (χ1v) is 7.24. The monoisotopic (exact) mass is 312 g/mol. The average Bonchev–Trinajstić information content (AvgIpc) is 2.38. The molecule has 2 rings (SSSR count). The van der Waals surface area contributed by atoms with Crippen LogP contribution in [-0.4, -0.2) is 28.8 Å². The molecule has 0 aliphatic carbocycles. The second-order valence-corrected chi connectivity index (χ2v) is 6.06. The van der Waals surface area contributed by atoms with Gasteiger partial charge < -0.3 is 10.2 Å². The molecule has 0 aromatic heterocycles. The van der Waals surface area contributed by atoms with Crippen LogP contribution in [-0.2, 0) is 16.1 Å². The Morgan fingerprint density at radius 3 is 2.62 bits per heavy atom. The molecule has 2 unspecified atom stereocenters. The van der Waals surface area contributed by atoms with Gasteiger partial charge in [0.15, 0.2) is 0 Å². The fourth-order valence-electron chi connectivity index (χ4n) is 2.56. The van der Waals surface area contributed by atoms with Gasteiger partial charge in [-0.05, 0) is 25.0 Å². The highest BCUT2D eigenvalue weighted by molar-refractivity contribution is 6.30. The van der Waals surface area contributed by atoms with Crippen LogP contribution in [0.4, 0.5) is 4.39 Å². The van der Waals surface area contributed by atoms with Gasteiger partial charge in [0.05, 0.1) is 0 Å². The second-order valence-electron chi connectivity index (χ2n) is 5.62. The lowest BCUT2D eigenvalue weighted by Gasteiger charge is -2.40. The summed E-state index contributed by atoms with van der Waals surface area (Å²) in [6.45, 7) is 5.40. The smallest absolute Gasteiger partial charge is 0.245 e. The van der Waals surface area contributed by atoms with Crippen molar-refractivity contribution < 1.29 is 14.0 Å².